The van der Waals surface area contributed by atoms with Gasteiger partial charge in [-0.15, -0.1) is 0 Å². The number of hydrogen-bond acceptors (Lipinski definition) is 4. The number of nitrogens with zero attached hydrogens (tertiary/aromatic N) is 4. The zero-order chi connectivity index (χ0) is 14.8. The summed E-state index contributed by atoms with van der Waals surface area (Å²) >= 11 is 0. The Bertz CT molecular complexity index is 626. The maximum atomic E-state index is 4.84. The normalized spacial score (nSPS) is 15.6. The van der Waals surface area contributed by atoms with Gasteiger partial charge < -0.3 is 5.32 Å². The molecule has 0 bridgehead atoms. The first-order chi connectivity index (χ1) is 10.2. The van der Waals surface area contributed by atoms with Gasteiger partial charge in [0.15, 0.2) is 5.82 Å². The lowest BCUT2D eigenvalue weighted by Gasteiger charge is -2.13. The highest BCUT2D eigenvalue weighted by Gasteiger charge is 2.21. The molecule has 0 spiro atoms. The lowest BCUT2D eigenvalue weighted by atomic mass is 10.0. The van der Waals surface area contributed by atoms with Gasteiger partial charge in [-0.25, -0.2) is 9.97 Å². The second kappa shape index (κ2) is 5.84. The van der Waals surface area contributed by atoms with Crippen LogP contribution < -0.4 is 5.32 Å². The Morgan fingerprint density at radius 3 is 2.67 bits per heavy atom. The molecule has 2 heterocycles. The van der Waals surface area contributed by atoms with Crippen LogP contribution in [0.15, 0.2) is 12.3 Å². The summed E-state index contributed by atoms with van der Waals surface area (Å²) in [4.78, 5) is 9.50. The van der Waals surface area contributed by atoms with Gasteiger partial charge in [0.25, 0.3) is 0 Å². The lowest BCUT2D eigenvalue weighted by molar-refractivity contribution is 0.695. The fourth-order valence-electron chi connectivity index (χ4n) is 3.01. The molecule has 1 N–H and O–H groups in total. The molecule has 0 radical (unpaired) electrons. The van der Waals surface area contributed by atoms with Crippen LogP contribution in [-0.4, -0.2) is 26.3 Å². The van der Waals surface area contributed by atoms with Gasteiger partial charge >= 0.3 is 0 Å². The number of nitrogens with one attached hydrogen (secondary N) is 1. The highest BCUT2D eigenvalue weighted by atomic mass is 15.3. The van der Waals surface area contributed by atoms with Crippen molar-refractivity contribution in [2.75, 3.05) is 11.9 Å². The van der Waals surface area contributed by atoms with Crippen molar-refractivity contribution in [2.45, 2.75) is 45.4 Å². The number of rotatable bonds is 4. The first kappa shape index (κ1) is 14.0. The minimum atomic E-state index is 0.584. The minimum Gasteiger partial charge on any atom is -0.370 e. The molecule has 0 unspecified atom stereocenters. The minimum absolute atomic E-state index is 0.584. The molecular formula is C16H23N5. The van der Waals surface area contributed by atoms with Gasteiger partial charge in [-0.3, -0.25) is 4.68 Å². The van der Waals surface area contributed by atoms with Crippen molar-refractivity contribution < 1.29 is 0 Å². The Hall–Kier alpha value is -1.91. The monoisotopic (exact) mass is 285 g/mol. The van der Waals surface area contributed by atoms with Crippen molar-refractivity contribution in [3.05, 3.63) is 23.7 Å². The van der Waals surface area contributed by atoms with Gasteiger partial charge in [0, 0.05) is 37.0 Å². The van der Waals surface area contributed by atoms with E-state index >= 15 is 0 Å². The number of anilines is 1. The van der Waals surface area contributed by atoms with Crippen LogP contribution in [-0.2, 0) is 7.05 Å². The standard InChI is InChI=1S/C16H23N5/c1-4-17-15-9-14(12-7-5-6-8-12)19-16(20-15)13-10-18-21(3)11(13)2/h9-10,12H,4-8H2,1-3H3,(H,17,19,20). The predicted molar refractivity (Wildman–Crippen MR) is 84.3 cm³/mol. The third-order valence-corrected chi connectivity index (χ3v) is 4.35. The molecule has 21 heavy (non-hydrogen) atoms. The van der Waals surface area contributed by atoms with Crippen LogP contribution in [0, 0.1) is 6.92 Å². The summed E-state index contributed by atoms with van der Waals surface area (Å²) in [6.07, 6.45) is 6.97. The van der Waals surface area contributed by atoms with E-state index in [-0.39, 0.29) is 0 Å². The van der Waals surface area contributed by atoms with Gasteiger partial charge in [0.05, 0.1) is 11.8 Å². The Morgan fingerprint density at radius 1 is 1.29 bits per heavy atom. The fourth-order valence-corrected chi connectivity index (χ4v) is 3.01. The Morgan fingerprint density at radius 2 is 2.05 bits per heavy atom. The van der Waals surface area contributed by atoms with Crippen LogP contribution in [0.3, 0.4) is 0 Å². The number of aromatic nitrogens is 4. The summed E-state index contributed by atoms with van der Waals surface area (Å²) in [5.41, 5.74) is 3.30. The van der Waals surface area contributed by atoms with Gasteiger partial charge in [0.2, 0.25) is 0 Å². The molecule has 112 valence electrons. The van der Waals surface area contributed by atoms with E-state index in [9.17, 15) is 0 Å². The summed E-state index contributed by atoms with van der Waals surface area (Å²) in [6, 6.07) is 2.12. The molecule has 0 aromatic carbocycles. The van der Waals surface area contributed by atoms with Crippen molar-refractivity contribution in [1.82, 2.24) is 19.7 Å². The summed E-state index contributed by atoms with van der Waals surface area (Å²) < 4.78 is 1.87. The van der Waals surface area contributed by atoms with Crippen LogP contribution >= 0.6 is 0 Å². The first-order valence-electron chi connectivity index (χ1n) is 7.81. The fraction of sp³-hybridized carbons (Fsp3) is 0.562. The molecule has 2 aromatic heterocycles. The maximum absolute atomic E-state index is 4.84. The van der Waals surface area contributed by atoms with E-state index < -0.39 is 0 Å². The molecule has 0 atom stereocenters. The van der Waals surface area contributed by atoms with E-state index in [1.165, 1.54) is 31.4 Å². The van der Waals surface area contributed by atoms with Crippen LogP contribution in [0.5, 0.6) is 0 Å². The maximum Gasteiger partial charge on any atom is 0.165 e. The van der Waals surface area contributed by atoms with Crippen molar-refractivity contribution in [1.29, 1.82) is 0 Å². The van der Waals surface area contributed by atoms with E-state index in [1.54, 1.807) is 0 Å². The Kier molecular flexibility index (Phi) is 3.90. The molecule has 1 saturated carbocycles. The van der Waals surface area contributed by atoms with Crippen LogP contribution in [0.25, 0.3) is 11.4 Å². The average molecular weight is 285 g/mol. The van der Waals surface area contributed by atoms with Crippen LogP contribution in [0.1, 0.15) is 49.9 Å². The summed E-state index contributed by atoms with van der Waals surface area (Å²) in [5.74, 6) is 2.30. The predicted octanol–water partition coefficient (Wildman–Crippen LogP) is 3.27. The van der Waals surface area contributed by atoms with Crippen LogP contribution in [0.4, 0.5) is 5.82 Å². The molecular weight excluding hydrogens is 262 g/mol. The van der Waals surface area contributed by atoms with Crippen LogP contribution in [0.2, 0.25) is 0 Å². The number of aryl methyl sites for hydroxylation is 1. The molecule has 1 aliphatic rings. The topological polar surface area (TPSA) is 55.6 Å². The quantitative estimate of drug-likeness (QED) is 0.936. The van der Waals surface area contributed by atoms with Crippen molar-refractivity contribution in [2.24, 2.45) is 7.05 Å². The van der Waals surface area contributed by atoms with Crippen molar-refractivity contribution in [3.8, 4) is 11.4 Å². The molecule has 5 nitrogen and oxygen atoms in total. The van der Waals surface area contributed by atoms with Crippen molar-refractivity contribution in [3.63, 3.8) is 0 Å². The lowest BCUT2D eigenvalue weighted by Crippen LogP contribution is -2.06. The zero-order valence-electron chi connectivity index (χ0n) is 13.1. The molecule has 0 saturated heterocycles. The van der Waals surface area contributed by atoms with Gasteiger partial charge in [0.1, 0.15) is 5.82 Å². The largest absolute Gasteiger partial charge is 0.370 e. The summed E-state index contributed by atoms with van der Waals surface area (Å²) in [7, 11) is 1.95. The highest BCUT2D eigenvalue weighted by molar-refractivity contribution is 5.59. The molecule has 1 aliphatic carbocycles. The second-order valence-electron chi connectivity index (χ2n) is 5.78. The van der Waals surface area contributed by atoms with E-state index in [0.29, 0.717) is 5.92 Å². The Labute approximate surface area is 125 Å². The van der Waals surface area contributed by atoms with E-state index in [0.717, 1.165) is 29.4 Å². The van der Waals surface area contributed by atoms with Gasteiger partial charge in [-0.1, -0.05) is 12.8 Å². The summed E-state index contributed by atoms with van der Waals surface area (Å²) in [5, 5.41) is 7.64. The zero-order valence-corrected chi connectivity index (χ0v) is 13.1. The van der Waals surface area contributed by atoms with Gasteiger partial charge in [-0.2, -0.15) is 5.10 Å². The van der Waals surface area contributed by atoms with E-state index in [4.69, 9.17) is 4.98 Å². The molecule has 3 rings (SSSR count). The molecule has 1 fully saturated rings. The number of hydrogen-bond donors (Lipinski definition) is 1. The first-order valence-corrected chi connectivity index (χ1v) is 7.81. The van der Waals surface area contributed by atoms with E-state index in [1.807, 2.05) is 17.9 Å². The molecule has 5 heteroatoms. The molecule has 0 aliphatic heterocycles. The Balaban J connectivity index is 2.04. The van der Waals surface area contributed by atoms with Gasteiger partial charge in [-0.05, 0) is 26.7 Å². The third kappa shape index (κ3) is 2.77. The molecule has 2 aromatic rings. The van der Waals surface area contributed by atoms with E-state index in [2.05, 4.69) is 35.3 Å². The van der Waals surface area contributed by atoms with Crippen molar-refractivity contribution >= 4 is 5.82 Å². The smallest absolute Gasteiger partial charge is 0.165 e. The second-order valence-corrected chi connectivity index (χ2v) is 5.78. The highest BCUT2D eigenvalue weighted by Crippen LogP contribution is 2.34. The molecule has 0 amide bonds. The summed E-state index contributed by atoms with van der Waals surface area (Å²) in [6.45, 7) is 5.01. The third-order valence-electron chi connectivity index (χ3n) is 4.35. The average Bonchev–Trinajstić information content (AvgIpc) is 3.11. The SMILES string of the molecule is CCNc1cc(C2CCCC2)nc(-c2cnn(C)c2C)n1.